The van der Waals surface area contributed by atoms with Crippen molar-refractivity contribution in [1.29, 1.82) is 0 Å². The van der Waals surface area contributed by atoms with Crippen molar-refractivity contribution in [3.63, 3.8) is 0 Å². The van der Waals surface area contributed by atoms with Gasteiger partial charge in [-0.25, -0.2) is 5.43 Å². The van der Waals surface area contributed by atoms with Crippen molar-refractivity contribution in [2.24, 2.45) is 22.9 Å². The summed E-state index contributed by atoms with van der Waals surface area (Å²) in [5, 5.41) is 7.97. The Morgan fingerprint density at radius 1 is 1.07 bits per heavy atom. The maximum atomic E-state index is 12.6. The molecule has 0 saturated heterocycles. The van der Waals surface area contributed by atoms with Gasteiger partial charge in [-0.3, -0.25) is 9.59 Å². The van der Waals surface area contributed by atoms with E-state index in [9.17, 15) is 9.59 Å². The zero-order chi connectivity index (χ0) is 20.4. The van der Waals surface area contributed by atoms with E-state index in [0.29, 0.717) is 16.5 Å². The first-order valence-electron chi connectivity index (χ1n) is 10.4. The van der Waals surface area contributed by atoms with Crippen molar-refractivity contribution < 1.29 is 14.3 Å². The number of carbonyl (C=O) groups is 2. The normalized spacial score (nSPS) is 30.1. The second-order valence-electron chi connectivity index (χ2n) is 9.05. The molecular formula is C22H28ClN3O3. The molecule has 1 aromatic carbocycles. The molecule has 4 fully saturated rings. The maximum absolute atomic E-state index is 12.6. The molecule has 0 unspecified atom stereocenters. The molecule has 4 bridgehead atoms. The van der Waals surface area contributed by atoms with E-state index in [2.05, 4.69) is 15.8 Å². The number of carbonyl (C=O) groups excluding carboxylic acids is 2. The second-order valence-corrected chi connectivity index (χ2v) is 9.48. The molecule has 0 aromatic heterocycles. The summed E-state index contributed by atoms with van der Waals surface area (Å²) in [6, 6.07) is 6.77. The molecule has 4 aliphatic carbocycles. The van der Waals surface area contributed by atoms with Gasteiger partial charge in [-0.2, -0.15) is 5.10 Å². The van der Waals surface area contributed by atoms with E-state index in [-0.39, 0.29) is 30.4 Å². The minimum atomic E-state index is -0.374. The number of nitrogens with zero attached hydrogens (tertiary/aromatic N) is 1. The summed E-state index contributed by atoms with van der Waals surface area (Å²) >= 11 is 5.81. The molecule has 6 nitrogen and oxygen atoms in total. The second kappa shape index (κ2) is 8.34. The first-order valence-corrected chi connectivity index (χ1v) is 10.8. The summed E-state index contributed by atoms with van der Waals surface area (Å²) in [6.07, 6.45) is 7.61. The van der Waals surface area contributed by atoms with Crippen LogP contribution in [0.2, 0.25) is 5.02 Å². The van der Waals surface area contributed by atoms with Crippen LogP contribution in [0.3, 0.4) is 0 Å². The Hall–Kier alpha value is -2.08. The smallest absolute Gasteiger partial charge is 0.277 e. The largest absolute Gasteiger partial charge is 0.484 e. The molecule has 4 aliphatic rings. The fourth-order valence-electron chi connectivity index (χ4n) is 5.75. The predicted molar refractivity (Wildman–Crippen MR) is 112 cm³/mol. The zero-order valence-corrected chi connectivity index (χ0v) is 17.5. The van der Waals surface area contributed by atoms with Gasteiger partial charge in [0.25, 0.3) is 5.91 Å². The predicted octanol–water partition coefficient (Wildman–Crippen LogP) is 3.69. The van der Waals surface area contributed by atoms with E-state index < -0.39 is 0 Å². The van der Waals surface area contributed by atoms with Crippen LogP contribution in [0.25, 0.3) is 0 Å². The van der Waals surface area contributed by atoms with Crippen LogP contribution in [0.5, 0.6) is 5.75 Å². The highest BCUT2D eigenvalue weighted by atomic mass is 35.5. The Bertz CT molecular complexity index is 771. The number of hydrazone groups is 1. The number of amides is 2. The monoisotopic (exact) mass is 417 g/mol. The Morgan fingerprint density at radius 3 is 2.24 bits per heavy atom. The number of hydrogen-bond donors (Lipinski definition) is 2. The molecule has 1 aromatic rings. The average Bonchev–Trinajstić information content (AvgIpc) is 2.64. The van der Waals surface area contributed by atoms with Crippen molar-refractivity contribution >= 4 is 29.1 Å². The lowest BCUT2D eigenvalue weighted by Crippen LogP contribution is -2.60. The summed E-state index contributed by atoms with van der Waals surface area (Å²) in [7, 11) is 0. The van der Waals surface area contributed by atoms with Crippen molar-refractivity contribution in [3.05, 3.63) is 29.3 Å². The fraction of sp³-hybridized carbons (Fsp3) is 0.591. The Morgan fingerprint density at radius 2 is 1.66 bits per heavy atom. The Kier molecular flexibility index (Phi) is 5.81. The molecular weight excluding hydrogens is 390 g/mol. The summed E-state index contributed by atoms with van der Waals surface area (Å²) < 4.78 is 5.38. The molecule has 7 heteroatoms. The van der Waals surface area contributed by atoms with Gasteiger partial charge in [-0.15, -0.1) is 0 Å². The maximum Gasteiger partial charge on any atom is 0.277 e. The van der Waals surface area contributed by atoms with Gasteiger partial charge in [-0.1, -0.05) is 11.6 Å². The SMILES string of the molecule is C/C(CC(=O)NC12CC3CC(CC(C3)C1)C2)=N/NC(=O)COc1ccc(Cl)cc1. The standard InChI is InChI=1S/C22H28ClN3O3/c1-14(25-26-21(28)13-29-19-4-2-18(23)3-5-19)6-20(27)24-22-10-15-7-16(11-22)9-17(8-15)12-22/h2-5,15-17H,6-13H2,1H3,(H,24,27)(H,26,28)/b25-14-. The van der Waals surface area contributed by atoms with Gasteiger partial charge in [0.2, 0.25) is 5.91 Å². The summed E-state index contributed by atoms with van der Waals surface area (Å²) in [5.41, 5.74) is 3.02. The van der Waals surface area contributed by atoms with E-state index in [1.54, 1.807) is 31.2 Å². The van der Waals surface area contributed by atoms with Crippen LogP contribution in [0.15, 0.2) is 29.4 Å². The molecule has 4 saturated carbocycles. The lowest BCUT2D eigenvalue weighted by molar-refractivity contribution is -0.126. The number of rotatable bonds is 7. The average molecular weight is 418 g/mol. The topological polar surface area (TPSA) is 79.8 Å². The molecule has 5 rings (SSSR count). The lowest BCUT2D eigenvalue weighted by atomic mass is 9.53. The van der Waals surface area contributed by atoms with Crippen molar-refractivity contribution in [3.8, 4) is 5.75 Å². The molecule has 2 N–H and O–H groups in total. The first kappa shape index (κ1) is 20.2. The first-order chi connectivity index (χ1) is 13.9. The third-order valence-corrected chi connectivity index (χ3v) is 6.67. The van der Waals surface area contributed by atoms with Gasteiger partial charge in [0, 0.05) is 16.3 Å². The van der Waals surface area contributed by atoms with Crippen LogP contribution in [0.1, 0.15) is 51.9 Å². The molecule has 0 heterocycles. The van der Waals surface area contributed by atoms with Gasteiger partial charge < -0.3 is 10.1 Å². The van der Waals surface area contributed by atoms with Crippen molar-refractivity contribution in [2.45, 2.75) is 57.4 Å². The van der Waals surface area contributed by atoms with Crippen LogP contribution in [0.4, 0.5) is 0 Å². The summed E-state index contributed by atoms with van der Waals surface area (Å²) in [5.74, 6) is 2.55. The minimum Gasteiger partial charge on any atom is -0.484 e. The van der Waals surface area contributed by atoms with E-state index in [4.69, 9.17) is 16.3 Å². The highest BCUT2D eigenvalue weighted by Gasteiger charge is 2.51. The van der Waals surface area contributed by atoms with Crippen LogP contribution in [-0.4, -0.2) is 29.7 Å². The molecule has 0 aliphatic heterocycles. The van der Waals surface area contributed by atoms with E-state index in [1.807, 2.05) is 0 Å². The number of halogens is 1. The minimum absolute atomic E-state index is 0.000127. The Labute approximate surface area is 176 Å². The summed E-state index contributed by atoms with van der Waals surface area (Å²) in [4.78, 5) is 24.5. The molecule has 156 valence electrons. The van der Waals surface area contributed by atoms with Gasteiger partial charge in [0.1, 0.15) is 5.75 Å². The number of ether oxygens (including phenoxy) is 1. The van der Waals surface area contributed by atoms with Gasteiger partial charge in [0.15, 0.2) is 6.61 Å². The lowest BCUT2D eigenvalue weighted by Gasteiger charge is -2.56. The summed E-state index contributed by atoms with van der Waals surface area (Å²) in [6.45, 7) is 1.59. The molecule has 29 heavy (non-hydrogen) atoms. The number of benzene rings is 1. The van der Waals surface area contributed by atoms with E-state index >= 15 is 0 Å². The van der Waals surface area contributed by atoms with Gasteiger partial charge in [-0.05, 0) is 87.5 Å². The van der Waals surface area contributed by atoms with E-state index in [0.717, 1.165) is 37.0 Å². The Balaban J connectivity index is 1.22. The third kappa shape index (κ3) is 5.10. The molecule has 2 amide bonds. The van der Waals surface area contributed by atoms with Crippen molar-refractivity contribution in [2.75, 3.05) is 6.61 Å². The number of hydrogen-bond acceptors (Lipinski definition) is 4. The van der Waals surface area contributed by atoms with E-state index in [1.165, 1.54) is 19.3 Å². The highest BCUT2D eigenvalue weighted by Crippen LogP contribution is 2.55. The number of nitrogens with one attached hydrogen (secondary N) is 2. The van der Waals surface area contributed by atoms with Crippen LogP contribution < -0.4 is 15.5 Å². The van der Waals surface area contributed by atoms with Gasteiger partial charge in [0.05, 0.1) is 6.42 Å². The zero-order valence-electron chi connectivity index (χ0n) is 16.7. The highest BCUT2D eigenvalue weighted by molar-refractivity contribution is 6.30. The fourth-order valence-corrected chi connectivity index (χ4v) is 5.87. The molecule has 0 radical (unpaired) electrons. The molecule has 0 atom stereocenters. The quantitative estimate of drug-likeness (QED) is 0.524. The van der Waals surface area contributed by atoms with Gasteiger partial charge >= 0.3 is 0 Å². The third-order valence-electron chi connectivity index (χ3n) is 6.41. The van der Waals surface area contributed by atoms with Crippen LogP contribution in [-0.2, 0) is 9.59 Å². The van der Waals surface area contributed by atoms with Crippen LogP contribution in [0, 0.1) is 17.8 Å². The molecule has 0 spiro atoms. The van der Waals surface area contributed by atoms with Crippen molar-refractivity contribution in [1.82, 2.24) is 10.7 Å². The van der Waals surface area contributed by atoms with Crippen LogP contribution >= 0.6 is 11.6 Å².